The molecular formula is C17H17ClFN4O4+. The fourth-order valence-corrected chi connectivity index (χ4v) is 2.50. The van der Waals surface area contributed by atoms with Crippen molar-refractivity contribution in [2.45, 2.75) is 0 Å². The van der Waals surface area contributed by atoms with Crippen molar-refractivity contribution in [3.8, 4) is 0 Å². The molecule has 0 heterocycles. The molecule has 0 aromatic heterocycles. The number of nitrogens with zero attached hydrogens (tertiary/aromatic N) is 1. The number of carbonyl (C=O) groups is 2. The van der Waals surface area contributed by atoms with Crippen molar-refractivity contribution in [1.82, 2.24) is 0 Å². The van der Waals surface area contributed by atoms with Crippen molar-refractivity contribution < 1.29 is 23.8 Å². The Hall–Kier alpha value is -3.04. The normalized spacial score (nSPS) is 11.5. The molecule has 2 rings (SSSR count). The molecule has 0 aliphatic rings. The van der Waals surface area contributed by atoms with Crippen LogP contribution in [0.1, 0.15) is 0 Å². The van der Waals surface area contributed by atoms with E-state index >= 15 is 0 Å². The van der Waals surface area contributed by atoms with Crippen LogP contribution in [-0.2, 0) is 9.59 Å². The van der Waals surface area contributed by atoms with Crippen LogP contribution in [0, 0.1) is 15.9 Å². The summed E-state index contributed by atoms with van der Waals surface area (Å²) in [6, 6.07) is 9.35. The number of halogens is 2. The quantitative estimate of drug-likeness (QED) is 0.487. The van der Waals surface area contributed by atoms with E-state index in [1.165, 1.54) is 30.3 Å². The maximum absolute atomic E-state index is 13.1. The van der Waals surface area contributed by atoms with E-state index in [4.69, 9.17) is 11.6 Å². The summed E-state index contributed by atoms with van der Waals surface area (Å²) >= 11 is 5.73. The monoisotopic (exact) mass is 395 g/mol. The van der Waals surface area contributed by atoms with Gasteiger partial charge < -0.3 is 15.5 Å². The fourth-order valence-electron chi connectivity index (χ4n) is 2.34. The number of carbonyl (C=O) groups excluding carboxylic acids is 2. The van der Waals surface area contributed by atoms with Crippen molar-refractivity contribution in [3.05, 3.63) is 63.4 Å². The smallest absolute Gasteiger partial charge is 0.294 e. The van der Waals surface area contributed by atoms with E-state index in [0.717, 1.165) is 6.07 Å². The molecule has 0 saturated carbocycles. The van der Waals surface area contributed by atoms with E-state index in [0.29, 0.717) is 10.6 Å². The second kappa shape index (κ2) is 9.06. The molecule has 10 heteroatoms. The Bertz CT molecular complexity index is 878. The molecule has 1 unspecified atom stereocenters. The van der Waals surface area contributed by atoms with Crippen molar-refractivity contribution in [1.29, 1.82) is 0 Å². The van der Waals surface area contributed by atoms with Gasteiger partial charge in [-0.2, -0.15) is 0 Å². The van der Waals surface area contributed by atoms with Crippen LogP contribution in [0.2, 0.25) is 5.02 Å². The van der Waals surface area contributed by atoms with Crippen molar-refractivity contribution in [2.75, 3.05) is 30.8 Å². The van der Waals surface area contributed by atoms with Crippen LogP contribution < -0.4 is 15.5 Å². The second-order valence-electron chi connectivity index (χ2n) is 5.84. The number of likely N-dealkylation sites (N-methyl/N-ethyl adjacent to an activating group) is 1. The van der Waals surface area contributed by atoms with Crippen LogP contribution in [-0.4, -0.2) is 36.9 Å². The lowest BCUT2D eigenvalue weighted by molar-refractivity contribution is -0.862. The van der Waals surface area contributed by atoms with Gasteiger partial charge in [0.15, 0.2) is 13.1 Å². The van der Waals surface area contributed by atoms with Crippen molar-refractivity contribution in [2.24, 2.45) is 0 Å². The van der Waals surface area contributed by atoms with Gasteiger partial charge in [-0.15, -0.1) is 0 Å². The predicted octanol–water partition coefficient (Wildman–Crippen LogP) is 1.48. The lowest BCUT2D eigenvalue weighted by Crippen LogP contribution is -3.11. The Morgan fingerprint density at radius 2 is 1.81 bits per heavy atom. The third-order valence-electron chi connectivity index (χ3n) is 3.46. The average molecular weight is 396 g/mol. The molecule has 2 aromatic carbocycles. The summed E-state index contributed by atoms with van der Waals surface area (Å²) in [5, 5.41) is 16.2. The van der Waals surface area contributed by atoms with Gasteiger partial charge >= 0.3 is 0 Å². The first kappa shape index (κ1) is 20.3. The molecule has 0 spiro atoms. The van der Waals surface area contributed by atoms with Gasteiger partial charge in [-0.05, 0) is 30.3 Å². The van der Waals surface area contributed by atoms with E-state index < -0.39 is 22.6 Å². The number of rotatable bonds is 7. The minimum atomic E-state index is -0.648. The van der Waals surface area contributed by atoms with Crippen LogP contribution in [0.3, 0.4) is 0 Å². The van der Waals surface area contributed by atoms with Crippen LogP contribution in [0.15, 0.2) is 42.5 Å². The lowest BCUT2D eigenvalue weighted by atomic mass is 10.2. The highest BCUT2D eigenvalue weighted by atomic mass is 35.5. The standard InChI is InChI=1S/C17H16ClFN4O4/c1-22(9-16(24)20-13-4-2-3-12(19)8-13)10-17(25)21-14-6-5-11(18)7-15(14)23(26)27/h2-8H,9-10H2,1H3,(H,20,24)(H,21,25)/p+1. The Morgan fingerprint density at radius 3 is 2.44 bits per heavy atom. The van der Waals surface area contributed by atoms with Gasteiger partial charge in [-0.3, -0.25) is 19.7 Å². The number of nitro groups is 1. The minimum absolute atomic E-state index is 0.0198. The minimum Gasteiger partial charge on any atom is -0.322 e. The first-order valence-corrected chi connectivity index (χ1v) is 8.23. The van der Waals surface area contributed by atoms with E-state index in [1.54, 1.807) is 13.1 Å². The Balaban J connectivity index is 1.90. The first-order valence-electron chi connectivity index (χ1n) is 7.85. The number of nitro benzene ring substituents is 1. The molecule has 2 amide bonds. The summed E-state index contributed by atoms with van der Waals surface area (Å²) in [6.45, 7) is -0.150. The maximum Gasteiger partial charge on any atom is 0.294 e. The zero-order valence-electron chi connectivity index (χ0n) is 14.3. The van der Waals surface area contributed by atoms with Gasteiger partial charge in [-0.1, -0.05) is 17.7 Å². The third-order valence-corrected chi connectivity index (χ3v) is 3.70. The SMILES string of the molecule is C[NH+](CC(=O)Nc1cccc(F)c1)CC(=O)Nc1ccc(Cl)cc1[N+](=O)[O-]. The Kier molecular flexibility index (Phi) is 6.80. The number of nitrogens with one attached hydrogen (secondary N) is 3. The Morgan fingerprint density at radius 1 is 1.15 bits per heavy atom. The molecule has 142 valence electrons. The number of quaternary nitrogens is 1. The van der Waals surface area contributed by atoms with E-state index in [9.17, 15) is 24.1 Å². The molecule has 0 aliphatic carbocycles. The number of anilines is 2. The summed E-state index contributed by atoms with van der Waals surface area (Å²) in [4.78, 5) is 35.0. The van der Waals surface area contributed by atoms with Crippen LogP contribution in [0.25, 0.3) is 0 Å². The average Bonchev–Trinajstić information content (AvgIpc) is 2.55. The number of hydrogen-bond donors (Lipinski definition) is 3. The van der Waals surface area contributed by atoms with E-state index in [1.807, 2.05) is 0 Å². The summed E-state index contributed by atoms with van der Waals surface area (Å²) in [6.07, 6.45) is 0. The summed E-state index contributed by atoms with van der Waals surface area (Å²) in [5.41, 5.74) is 0.0119. The summed E-state index contributed by atoms with van der Waals surface area (Å²) < 4.78 is 13.1. The molecule has 0 bridgehead atoms. The first-order chi connectivity index (χ1) is 12.7. The largest absolute Gasteiger partial charge is 0.322 e. The molecule has 0 radical (unpaired) electrons. The van der Waals surface area contributed by atoms with E-state index in [2.05, 4.69) is 10.6 Å². The second-order valence-corrected chi connectivity index (χ2v) is 6.27. The molecule has 0 fully saturated rings. The van der Waals surface area contributed by atoms with Crippen LogP contribution >= 0.6 is 11.6 Å². The molecule has 8 nitrogen and oxygen atoms in total. The summed E-state index contributed by atoms with van der Waals surface area (Å²) in [7, 11) is 1.61. The highest BCUT2D eigenvalue weighted by Crippen LogP contribution is 2.27. The molecular weight excluding hydrogens is 379 g/mol. The van der Waals surface area contributed by atoms with Gasteiger partial charge in [0.25, 0.3) is 17.5 Å². The number of benzene rings is 2. The van der Waals surface area contributed by atoms with Crippen molar-refractivity contribution >= 4 is 40.5 Å². The molecule has 0 aliphatic heterocycles. The lowest BCUT2D eigenvalue weighted by Gasteiger charge is -2.14. The van der Waals surface area contributed by atoms with Gasteiger partial charge in [0, 0.05) is 16.8 Å². The molecule has 0 saturated heterocycles. The zero-order valence-corrected chi connectivity index (χ0v) is 15.0. The van der Waals surface area contributed by atoms with E-state index in [-0.39, 0.29) is 29.5 Å². The van der Waals surface area contributed by atoms with Crippen LogP contribution in [0.4, 0.5) is 21.5 Å². The molecule has 2 aromatic rings. The van der Waals surface area contributed by atoms with Gasteiger partial charge in [0.1, 0.15) is 11.5 Å². The van der Waals surface area contributed by atoms with Gasteiger partial charge in [0.05, 0.1) is 12.0 Å². The topological polar surface area (TPSA) is 106 Å². The van der Waals surface area contributed by atoms with Crippen molar-refractivity contribution in [3.63, 3.8) is 0 Å². The van der Waals surface area contributed by atoms with Crippen LogP contribution in [0.5, 0.6) is 0 Å². The van der Waals surface area contributed by atoms with Gasteiger partial charge in [-0.25, -0.2) is 4.39 Å². The van der Waals surface area contributed by atoms with Gasteiger partial charge in [0.2, 0.25) is 0 Å². The number of amides is 2. The third kappa shape index (κ3) is 6.32. The highest BCUT2D eigenvalue weighted by molar-refractivity contribution is 6.31. The highest BCUT2D eigenvalue weighted by Gasteiger charge is 2.19. The fraction of sp³-hybridized carbons (Fsp3) is 0.176. The molecule has 3 N–H and O–H groups in total. The zero-order chi connectivity index (χ0) is 20.0. The molecule has 27 heavy (non-hydrogen) atoms. The predicted molar refractivity (Wildman–Crippen MR) is 98.4 cm³/mol. The maximum atomic E-state index is 13.1. The summed E-state index contributed by atoms with van der Waals surface area (Å²) in [5.74, 6) is -1.38. The molecule has 1 atom stereocenters. The number of hydrogen-bond acceptors (Lipinski definition) is 4. The Labute approximate surface area is 159 Å².